The molecule has 2 aromatic carbocycles. The van der Waals surface area contributed by atoms with Crippen molar-refractivity contribution in [2.45, 2.75) is 31.3 Å². The zero-order valence-corrected chi connectivity index (χ0v) is 19.8. The molecule has 0 N–H and O–H groups in total. The van der Waals surface area contributed by atoms with Crippen LogP contribution in [0.1, 0.15) is 30.0 Å². The van der Waals surface area contributed by atoms with Crippen molar-refractivity contribution in [3.8, 4) is 0 Å². The van der Waals surface area contributed by atoms with Crippen LogP contribution in [0.3, 0.4) is 0 Å². The van der Waals surface area contributed by atoms with Gasteiger partial charge in [0, 0.05) is 48.4 Å². The minimum Gasteiger partial charge on any atom is -0.311 e. The maximum atomic E-state index is 14.2. The first-order valence-corrected chi connectivity index (χ1v) is 12.4. The summed E-state index contributed by atoms with van der Waals surface area (Å²) >= 11 is 1.36. The lowest BCUT2D eigenvalue weighted by Crippen LogP contribution is -2.36. The van der Waals surface area contributed by atoms with Crippen LogP contribution in [0, 0.1) is 11.6 Å². The van der Waals surface area contributed by atoms with E-state index in [1.807, 2.05) is 0 Å². The number of rotatable bonds is 6. The van der Waals surface area contributed by atoms with Crippen LogP contribution in [0.25, 0.3) is 11.6 Å². The topological polar surface area (TPSA) is 70.6 Å². The minimum absolute atomic E-state index is 0.0226. The number of carbonyl (C=O) groups excluding carboxylic acids is 1. The van der Waals surface area contributed by atoms with Gasteiger partial charge in [0.15, 0.2) is 0 Å². The van der Waals surface area contributed by atoms with Gasteiger partial charge in [0.2, 0.25) is 10.0 Å². The Morgan fingerprint density at radius 2 is 1.94 bits per heavy atom. The monoisotopic (exact) mass is 489 g/mol. The molecule has 1 amide bonds. The molecule has 1 aromatic heterocycles. The molecule has 6 nitrogen and oxygen atoms in total. The molecule has 4 rings (SSSR count). The van der Waals surface area contributed by atoms with Crippen LogP contribution >= 0.6 is 11.3 Å². The zero-order valence-electron chi connectivity index (χ0n) is 18.1. The van der Waals surface area contributed by atoms with E-state index in [9.17, 15) is 22.0 Å². The number of aromatic nitrogens is 1. The highest BCUT2D eigenvalue weighted by atomic mass is 32.2. The molecular weight excluding hydrogens is 468 g/mol. The third-order valence-electron chi connectivity index (χ3n) is 5.40. The van der Waals surface area contributed by atoms with Crippen molar-refractivity contribution in [3.05, 3.63) is 75.7 Å². The smallest absolute Gasteiger partial charge is 0.258 e. The van der Waals surface area contributed by atoms with Gasteiger partial charge in [0.1, 0.15) is 16.6 Å². The number of hydrogen-bond acceptors (Lipinski definition) is 5. The maximum Gasteiger partial charge on any atom is 0.258 e. The van der Waals surface area contributed by atoms with Crippen LogP contribution in [0.5, 0.6) is 0 Å². The molecule has 172 valence electrons. The Labute approximate surface area is 194 Å². The predicted octanol–water partition coefficient (Wildman–Crippen LogP) is 4.54. The minimum atomic E-state index is -4.06. The number of benzene rings is 2. The molecule has 0 unspecified atom stereocenters. The largest absolute Gasteiger partial charge is 0.311 e. The molecule has 0 aliphatic carbocycles. The first-order chi connectivity index (χ1) is 15.6. The molecule has 1 aliphatic rings. The quantitative estimate of drug-likeness (QED) is 0.477. The maximum absolute atomic E-state index is 14.2. The zero-order chi connectivity index (χ0) is 23.9. The molecule has 3 aromatic rings. The van der Waals surface area contributed by atoms with E-state index in [2.05, 4.69) is 4.98 Å². The van der Waals surface area contributed by atoms with Gasteiger partial charge in [-0.2, -0.15) is 4.31 Å². The Morgan fingerprint density at radius 3 is 2.58 bits per heavy atom. The molecule has 0 bridgehead atoms. The number of fused-ring (bicyclic) bond motifs is 1. The molecule has 2 heterocycles. The van der Waals surface area contributed by atoms with Crippen molar-refractivity contribution >= 4 is 44.6 Å². The van der Waals surface area contributed by atoms with E-state index >= 15 is 0 Å². The van der Waals surface area contributed by atoms with E-state index in [1.165, 1.54) is 34.4 Å². The molecule has 1 aliphatic heterocycles. The van der Waals surface area contributed by atoms with E-state index < -0.39 is 27.7 Å². The first kappa shape index (κ1) is 23.2. The second-order valence-electron chi connectivity index (χ2n) is 7.85. The molecule has 0 atom stereocenters. The third-order valence-corrected chi connectivity index (χ3v) is 8.14. The number of sulfonamides is 1. The lowest BCUT2D eigenvalue weighted by atomic mass is 10.1. The number of likely N-dealkylation sites (N-methyl/N-ethyl adjacent to an activating group) is 1. The van der Waals surface area contributed by atoms with Crippen molar-refractivity contribution in [1.29, 1.82) is 0 Å². The number of carbonyl (C=O) groups is 1. The standard InChI is InChI=1S/C23H21F2N3O3S2/c1-14(2)28(13-15-4-5-16(24)10-20(15)25)33(30,31)17-6-7-21-18(11-17)19(23(29)27(21)3)12-22-26-8-9-32-22/h4-12,14H,13H2,1-3H3/b19-12+. The van der Waals surface area contributed by atoms with Gasteiger partial charge in [-0.05, 0) is 44.2 Å². The summed E-state index contributed by atoms with van der Waals surface area (Å²) in [5.74, 6) is -1.81. The SMILES string of the molecule is CC(C)N(Cc1ccc(F)cc1F)S(=O)(=O)c1ccc2c(c1)/C(=C\c1nccs1)C(=O)N2C. The lowest BCUT2D eigenvalue weighted by molar-refractivity contribution is -0.112. The van der Waals surface area contributed by atoms with E-state index in [1.54, 1.807) is 44.6 Å². The van der Waals surface area contributed by atoms with E-state index in [0.29, 0.717) is 21.8 Å². The summed E-state index contributed by atoms with van der Waals surface area (Å²) in [5.41, 5.74) is 1.48. The van der Waals surface area contributed by atoms with Crippen LogP contribution in [-0.4, -0.2) is 36.7 Å². The van der Waals surface area contributed by atoms with E-state index in [-0.39, 0.29) is 22.9 Å². The molecule has 33 heavy (non-hydrogen) atoms. The molecule has 0 fully saturated rings. The second kappa shape index (κ2) is 8.77. The Hall–Kier alpha value is -2.95. The predicted molar refractivity (Wildman–Crippen MR) is 124 cm³/mol. The highest BCUT2D eigenvalue weighted by Gasteiger charge is 2.34. The van der Waals surface area contributed by atoms with Gasteiger partial charge in [0.05, 0.1) is 16.2 Å². The highest BCUT2D eigenvalue weighted by Crippen LogP contribution is 2.39. The Balaban J connectivity index is 1.76. The van der Waals surface area contributed by atoms with Gasteiger partial charge in [-0.15, -0.1) is 11.3 Å². The fraction of sp³-hybridized carbons (Fsp3) is 0.217. The van der Waals surface area contributed by atoms with Crippen molar-refractivity contribution < 1.29 is 22.0 Å². The Morgan fingerprint density at radius 1 is 1.18 bits per heavy atom. The summed E-state index contributed by atoms with van der Waals surface area (Å²) in [6, 6.07) is 7.04. The van der Waals surface area contributed by atoms with Crippen LogP contribution in [0.15, 0.2) is 52.9 Å². The summed E-state index contributed by atoms with van der Waals surface area (Å²) in [4.78, 5) is 18.4. The van der Waals surface area contributed by atoms with E-state index in [0.717, 1.165) is 16.4 Å². The molecule has 0 radical (unpaired) electrons. The van der Waals surface area contributed by atoms with Gasteiger partial charge in [0.25, 0.3) is 5.91 Å². The average Bonchev–Trinajstić information content (AvgIpc) is 3.35. The van der Waals surface area contributed by atoms with Crippen LogP contribution in [-0.2, 0) is 21.4 Å². The fourth-order valence-electron chi connectivity index (χ4n) is 3.66. The van der Waals surface area contributed by atoms with Crippen LogP contribution < -0.4 is 4.90 Å². The summed E-state index contributed by atoms with van der Waals surface area (Å²) < 4.78 is 55.8. The number of halogens is 2. The Bertz CT molecular complexity index is 1350. The number of anilines is 1. The second-order valence-corrected chi connectivity index (χ2v) is 10.7. The van der Waals surface area contributed by atoms with Gasteiger partial charge in [-0.3, -0.25) is 4.79 Å². The molecular formula is C23H21F2N3O3S2. The number of amides is 1. The summed E-state index contributed by atoms with van der Waals surface area (Å²) in [7, 11) is -2.44. The van der Waals surface area contributed by atoms with Crippen LogP contribution in [0.4, 0.5) is 14.5 Å². The number of thiazole rings is 1. The van der Waals surface area contributed by atoms with Crippen molar-refractivity contribution in [3.63, 3.8) is 0 Å². The summed E-state index contributed by atoms with van der Waals surface area (Å²) in [6.45, 7) is 3.10. The van der Waals surface area contributed by atoms with Crippen molar-refractivity contribution in [2.24, 2.45) is 0 Å². The van der Waals surface area contributed by atoms with Gasteiger partial charge >= 0.3 is 0 Å². The fourth-order valence-corrected chi connectivity index (χ4v) is 5.87. The molecule has 0 saturated carbocycles. The lowest BCUT2D eigenvalue weighted by Gasteiger charge is -2.26. The first-order valence-electron chi connectivity index (χ1n) is 10.1. The normalized spacial score (nSPS) is 15.2. The third kappa shape index (κ3) is 4.33. The Kier molecular flexibility index (Phi) is 6.17. The van der Waals surface area contributed by atoms with Gasteiger partial charge in [-0.25, -0.2) is 22.2 Å². The van der Waals surface area contributed by atoms with Crippen molar-refractivity contribution in [2.75, 3.05) is 11.9 Å². The highest BCUT2D eigenvalue weighted by molar-refractivity contribution is 7.89. The van der Waals surface area contributed by atoms with Crippen molar-refractivity contribution in [1.82, 2.24) is 9.29 Å². The number of hydrogen-bond donors (Lipinski definition) is 0. The van der Waals surface area contributed by atoms with E-state index in [4.69, 9.17) is 0 Å². The van der Waals surface area contributed by atoms with Gasteiger partial charge < -0.3 is 4.90 Å². The molecule has 0 spiro atoms. The van der Waals surface area contributed by atoms with Crippen LogP contribution in [0.2, 0.25) is 0 Å². The number of nitrogens with zero attached hydrogens (tertiary/aromatic N) is 3. The van der Waals surface area contributed by atoms with Gasteiger partial charge in [-0.1, -0.05) is 6.07 Å². The molecule has 10 heteroatoms. The molecule has 0 saturated heterocycles. The summed E-state index contributed by atoms with van der Waals surface area (Å²) in [6.07, 6.45) is 3.26. The average molecular weight is 490 g/mol. The summed E-state index contributed by atoms with van der Waals surface area (Å²) in [5, 5.41) is 2.41.